The Morgan fingerprint density at radius 2 is 2.12 bits per heavy atom. The van der Waals surface area contributed by atoms with Crippen LogP contribution in [0.25, 0.3) is 11.0 Å². The van der Waals surface area contributed by atoms with E-state index in [4.69, 9.17) is 10.5 Å². The molecule has 0 atom stereocenters. The van der Waals surface area contributed by atoms with Gasteiger partial charge in [0.15, 0.2) is 0 Å². The van der Waals surface area contributed by atoms with Crippen LogP contribution in [-0.4, -0.2) is 21.5 Å². The fourth-order valence-electron chi connectivity index (χ4n) is 1.45. The smallest absolute Gasteiger partial charge is 0.374 e. The molecule has 0 aliphatic heterocycles. The van der Waals surface area contributed by atoms with Crippen molar-refractivity contribution in [2.75, 3.05) is 5.73 Å². The third-order valence-electron chi connectivity index (χ3n) is 2.10. The topological polar surface area (TPSA) is 81.0 Å². The van der Waals surface area contributed by atoms with Crippen molar-refractivity contribution in [2.24, 2.45) is 0 Å². The summed E-state index contributed by atoms with van der Waals surface area (Å²) in [6.45, 7) is 5.43. The molecule has 2 rings (SSSR count). The third kappa shape index (κ3) is 2.55. The Morgan fingerprint density at radius 1 is 1.41 bits per heavy atom. The van der Waals surface area contributed by atoms with E-state index < -0.39 is 11.6 Å². The Kier molecular flexibility index (Phi) is 2.53. The quantitative estimate of drug-likeness (QED) is 0.583. The van der Waals surface area contributed by atoms with E-state index in [0.717, 1.165) is 5.52 Å². The molecule has 0 radical (unpaired) electrons. The minimum atomic E-state index is -0.533. The van der Waals surface area contributed by atoms with Gasteiger partial charge in [-0.1, -0.05) is 0 Å². The number of hydrogen-bond acceptors (Lipinski definition) is 4. The summed E-state index contributed by atoms with van der Waals surface area (Å²) in [4.78, 5) is 18.8. The summed E-state index contributed by atoms with van der Waals surface area (Å²) in [6.07, 6.45) is 0. The van der Waals surface area contributed by atoms with Crippen LogP contribution in [-0.2, 0) is 4.74 Å². The number of hydrogen-bond donors (Lipinski definition) is 2. The number of nitrogens with zero attached hydrogens (tertiary/aromatic N) is 1. The van der Waals surface area contributed by atoms with Crippen LogP contribution in [0, 0.1) is 0 Å². The lowest BCUT2D eigenvalue weighted by Gasteiger charge is -2.18. The van der Waals surface area contributed by atoms with Crippen LogP contribution < -0.4 is 5.73 Å². The van der Waals surface area contributed by atoms with Crippen molar-refractivity contribution in [1.29, 1.82) is 0 Å². The van der Waals surface area contributed by atoms with Gasteiger partial charge in [-0.15, -0.1) is 0 Å². The number of esters is 1. The molecular formula is C12H15N3O2. The number of nitrogens with one attached hydrogen (secondary N) is 1. The van der Waals surface area contributed by atoms with Gasteiger partial charge in [0, 0.05) is 5.69 Å². The van der Waals surface area contributed by atoms with Gasteiger partial charge in [-0.3, -0.25) is 0 Å². The molecule has 0 aliphatic rings. The number of ether oxygens (including phenoxy) is 1. The molecular weight excluding hydrogens is 218 g/mol. The number of carbonyl (C=O) groups excluding carboxylic acids is 1. The number of aromatic amines is 1. The Hall–Kier alpha value is -2.04. The molecule has 17 heavy (non-hydrogen) atoms. The van der Waals surface area contributed by atoms with Crippen LogP contribution >= 0.6 is 0 Å². The number of carbonyl (C=O) groups is 1. The number of fused-ring (bicyclic) bond motifs is 1. The number of anilines is 1. The van der Waals surface area contributed by atoms with Gasteiger partial charge in [0.05, 0.1) is 11.0 Å². The van der Waals surface area contributed by atoms with Crippen molar-refractivity contribution in [2.45, 2.75) is 26.4 Å². The van der Waals surface area contributed by atoms with Gasteiger partial charge in [-0.2, -0.15) is 0 Å². The minimum absolute atomic E-state index is 0.195. The fraction of sp³-hybridized carbons (Fsp3) is 0.333. The van der Waals surface area contributed by atoms with Crippen molar-refractivity contribution in [3.63, 3.8) is 0 Å². The largest absolute Gasteiger partial charge is 0.454 e. The third-order valence-corrected chi connectivity index (χ3v) is 2.10. The molecule has 3 N–H and O–H groups in total. The van der Waals surface area contributed by atoms with Gasteiger partial charge < -0.3 is 15.5 Å². The number of aromatic nitrogens is 2. The average Bonchev–Trinajstić information content (AvgIpc) is 2.57. The van der Waals surface area contributed by atoms with E-state index >= 15 is 0 Å². The second kappa shape index (κ2) is 3.76. The molecule has 5 nitrogen and oxygen atoms in total. The summed E-state index contributed by atoms with van der Waals surface area (Å²) in [5, 5.41) is 0. The van der Waals surface area contributed by atoms with Gasteiger partial charge in [0.25, 0.3) is 0 Å². The highest BCUT2D eigenvalue weighted by atomic mass is 16.6. The molecule has 0 spiro atoms. The van der Waals surface area contributed by atoms with E-state index in [1.807, 2.05) is 20.8 Å². The molecule has 0 aliphatic carbocycles. The van der Waals surface area contributed by atoms with Crippen LogP contribution in [0.2, 0.25) is 0 Å². The number of imidazole rings is 1. The molecule has 5 heteroatoms. The first-order valence-corrected chi connectivity index (χ1v) is 5.34. The summed E-state index contributed by atoms with van der Waals surface area (Å²) < 4.78 is 5.22. The molecule has 1 heterocycles. The second-order valence-corrected chi connectivity index (χ2v) is 4.86. The maximum Gasteiger partial charge on any atom is 0.374 e. The van der Waals surface area contributed by atoms with Crippen molar-refractivity contribution in [1.82, 2.24) is 9.97 Å². The summed E-state index contributed by atoms with van der Waals surface area (Å²) >= 11 is 0. The SMILES string of the molecule is CC(C)(C)OC(=O)c1nc2ccc(N)cc2[nH]1. The molecule has 0 amide bonds. The summed E-state index contributed by atoms with van der Waals surface area (Å²) in [7, 11) is 0. The molecule has 0 saturated heterocycles. The first kappa shape index (κ1) is 11.4. The Balaban J connectivity index is 2.33. The van der Waals surface area contributed by atoms with E-state index in [9.17, 15) is 4.79 Å². The lowest BCUT2D eigenvalue weighted by Crippen LogP contribution is -2.24. The minimum Gasteiger partial charge on any atom is -0.454 e. The van der Waals surface area contributed by atoms with Crippen LogP contribution in [0.5, 0.6) is 0 Å². The van der Waals surface area contributed by atoms with Crippen molar-refractivity contribution in [3.8, 4) is 0 Å². The monoisotopic (exact) mass is 233 g/mol. The Bertz CT molecular complexity index is 567. The molecule has 0 bridgehead atoms. The summed E-state index contributed by atoms with van der Waals surface area (Å²) in [5.74, 6) is -0.271. The molecule has 0 unspecified atom stereocenters. The first-order chi connectivity index (χ1) is 7.85. The van der Waals surface area contributed by atoms with E-state index in [-0.39, 0.29) is 5.82 Å². The average molecular weight is 233 g/mol. The van der Waals surface area contributed by atoms with Crippen molar-refractivity contribution < 1.29 is 9.53 Å². The van der Waals surface area contributed by atoms with Gasteiger partial charge in [0.2, 0.25) is 5.82 Å². The molecule has 1 aromatic carbocycles. The standard InChI is InChI=1S/C12H15N3O2/c1-12(2,3)17-11(16)10-14-8-5-4-7(13)6-9(8)15-10/h4-6H,13H2,1-3H3,(H,14,15). The number of nitrogens with two attached hydrogens (primary N) is 1. The molecule has 2 aromatic rings. The maximum absolute atomic E-state index is 11.8. The maximum atomic E-state index is 11.8. The normalized spacial score (nSPS) is 11.7. The summed E-state index contributed by atoms with van der Waals surface area (Å²) in [5.41, 5.74) is 7.16. The number of rotatable bonds is 1. The zero-order valence-electron chi connectivity index (χ0n) is 10.1. The number of H-pyrrole nitrogens is 1. The second-order valence-electron chi connectivity index (χ2n) is 4.86. The number of nitrogen functional groups attached to an aromatic ring is 1. The predicted molar refractivity (Wildman–Crippen MR) is 65.7 cm³/mol. The van der Waals surface area contributed by atoms with Gasteiger partial charge in [-0.05, 0) is 39.0 Å². The summed E-state index contributed by atoms with van der Waals surface area (Å²) in [6, 6.07) is 5.23. The van der Waals surface area contributed by atoms with E-state index in [1.165, 1.54) is 0 Å². The highest BCUT2D eigenvalue weighted by Crippen LogP contribution is 2.17. The van der Waals surface area contributed by atoms with E-state index in [2.05, 4.69) is 9.97 Å². The van der Waals surface area contributed by atoms with E-state index in [1.54, 1.807) is 18.2 Å². The fourth-order valence-corrected chi connectivity index (χ4v) is 1.45. The molecule has 0 saturated carbocycles. The van der Waals surface area contributed by atoms with Crippen LogP contribution in [0.15, 0.2) is 18.2 Å². The Morgan fingerprint density at radius 3 is 2.76 bits per heavy atom. The van der Waals surface area contributed by atoms with Crippen molar-refractivity contribution >= 4 is 22.7 Å². The predicted octanol–water partition coefficient (Wildman–Crippen LogP) is 2.10. The van der Waals surface area contributed by atoms with Crippen LogP contribution in [0.4, 0.5) is 5.69 Å². The Labute approximate surface area is 99.0 Å². The van der Waals surface area contributed by atoms with Gasteiger partial charge in [0.1, 0.15) is 5.60 Å². The zero-order valence-corrected chi connectivity index (χ0v) is 10.1. The molecule has 1 aromatic heterocycles. The van der Waals surface area contributed by atoms with E-state index in [0.29, 0.717) is 11.2 Å². The highest BCUT2D eigenvalue weighted by Gasteiger charge is 2.20. The van der Waals surface area contributed by atoms with Crippen molar-refractivity contribution in [3.05, 3.63) is 24.0 Å². The lowest BCUT2D eigenvalue weighted by atomic mass is 10.2. The van der Waals surface area contributed by atoms with Gasteiger partial charge in [-0.25, -0.2) is 9.78 Å². The molecule has 90 valence electrons. The lowest BCUT2D eigenvalue weighted by molar-refractivity contribution is 0.00572. The highest BCUT2D eigenvalue weighted by molar-refractivity contribution is 5.91. The number of benzene rings is 1. The van der Waals surface area contributed by atoms with Crippen LogP contribution in [0.1, 0.15) is 31.4 Å². The zero-order chi connectivity index (χ0) is 12.6. The van der Waals surface area contributed by atoms with Crippen LogP contribution in [0.3, 0.4) is 0 Å². The first-order valence-electron chi connectivity index (χ1n) is 5.34. The van der Waals surface area contributed by atoms with Gasteiger partial charge >= 0.3 is 5.97 Å². The molecule has 0 fully saturated rings.